The molecular weight excluding hydrogens is 258 g/mol. The van der Waals surface area contributed by atoms with Crippen LogP contribution in [0.1, 0.15) is 42.5 Å². The molecule has 1 aromatic carbocycles. The number of amides is 1. The third kappa shape index (κ3) is 4.26. The second-order valence-corrected chi connectivity index (χ2v) is 4.99. The van der Waals surface area contributed by atoms with Gasteiger partial charge in [0.2, 0.25) is 0 Å². The lowest BCUT2D eigenvalue weighted by molar-refractivity contribution is -0.307. The Morgan fingerprint density at radius 2 is 1.80 bits per heavy atom. The van der Waals surface area contributed by atoms with Crippen LogP contribution in [0.2, 0.25) is 0 Å². The van der Waals surface area contributed by atoms with Gasteiger partial charge in [0.1, 0.15) is 12.4 Å². The first-order valence-corrected chi connectivity index (χ1v) is 6.89. The minimum atomic E-state index is -1.27. The van der Waals surface area contributed by atoms with Gasteiger partial charge in [-0.05, 0) is 37.1 Å². The Hall–Kier alpha value is -2.04. The lowest BCUT2D eigenvalue weighted by Gasteiger charge is -2.22. The van der Waals surface area contributed by atoms with Gasteiger partial charge in [-0.1, -0.05) is 19.3 Å². The molecule has 1 amide bonds. The lowest BCUT2D eigenvalue weighted by atomic mass is 9.95. The topological polar surface area (TPSA) is 78.5 Å². The number of aliphatic carboxylic acids is 1. The highest BCUT2D eigenvalue weighted by Crippen LogP contribution is 2.18. The number of carboxylic acid groups (broad SMARTS) is 1. The molecule has 0 aliphatic heterocycles. The average Bonchev–Trinajstić information content (AvgIpc) is 2.46. The van der Waals surface area contributed by atoms with Crippen LogP contribution in [0.5, 0.6) is 5.75 Å². The molecule has 0 atom stereocenters. The maximum absolute atomic E-state index is 12.0. The first-order chi connectivity index (χ1) is 9.65. The van der Waals surface area contributed by atoms with E-state index in [1.807, 2.05) is 0 Å². The number of carbonyl (C=O) groups excluding carboxylic acids is 2. The van der Waals surface area contributed by atoms with Gasteiger partial charge in [-0.25, -0.2) is 0 Å². The zero-order valence-electron chi connectivity index (χ0n) is 11.3. The maximum Gasteiger partial charge on any atom is 0.251 e. The largest absolute Gasteiger partial charge is 0.546 e. The van der Waals surface area contributed by atoms with Crippen molar-refractivity contribution in [2.45, 2.75) is 38.1 Å². The summed E-state index contributed by atoms with van der Waals surface area (Å²) in [7, 11) is 0. The van der Waals surface area contributed by atoms with Gasteiger partial charge in [-0.2, -0.15) is 0 Å². The van der Waals surface area contributed by atoms with Crippen LogP contribution in [0.25, 0.3) is 0 Å². The molecule has 1 aliphatic rings. The molecule has 1 fully saturated rings. The molecule has 1 saturated carbocycles. The number of rotatable bonds is 5. The quantitative estimate of drug-likeness (QED) is 0.865. The molecule has 0 saturated heterocycles. The van der Waals surface area contributed by atoms with E-state index in [9.17, 15) is 14.7 Å². The summed E-state index contributed by atoms with van der Waals surface area (Å²) in [5.74, 6) is -0.962. The summed E-state index contributed by atoms with van der Waals surface area (Å²) >= 11 is 0. The molecule has 5 heteroatoms. The molecule has 20 heavy (non-hydrogen) atoms. The Labute approximate surface area is 117 Å². The minimum Gasteiger partial charge on any atom is -0.546 e. The fourth-order valence-corrected chi connectivity index (χ4v) is 2.36. The van der Waals surface area contributed by atoms with E-state index in [1.165, 1.54) is 19.3 Å². The average molecular weight is 276 g/mol. The van der Waals surface area contributed by atoms with Crippen molar-refractivity contribution in [1.29, 1.82) is 0 Å². The number of ether oxygens (including phenoxy) is 1. The normalized spacial score (nSPS) is 15.6. The molecule has 1 aromatic rings. The predicted molar refractivity (Wildman–Crippen MR) is 71.3 cm³/mol. The Morgan fingerprint density at radius 3 is 2.40 bits per heavy atom. The molecule has 0 bridgehead atoms. The van der Waals surface area contributed by atoms with Crippen LogP contribution in [0, 0.1) is 0 Å². The molecule has 108 valence electrons. The molecule has 0 aromatic heterocycles. The summed E-state index contributed by atoms with van der Waals surface area (Å²) in [6.07, 6.45) is 5.66. The SMILES string of the molecule is O=C([O-])COc1ccc(C(=O)NC2CCCCC2)cc1. The van der Waals surface area contributed by atoms with E-state index < -0.39 is 12.6 Å². The van der Waals surface area contributed by atoms with Crippen molar-refractivity contribution in [3.05, 3.63) is 29.8 Å². The summed E-state index contributed by atoms with van der Waals surface area (Å²) in [6, 6.07) is 6.69. The standard InChI is InChI=1S/C15H19NO4/c17-14(18)10-20-13-8-6-11(7-9-13)15(19)16-12-4-2-1-3-5-12/h6-9,12H,1-5,10H2,(H,16,19)(H,17,18)/p-1. The van der Waals surface area contributed by atoms with Crippen LogP contribution >= 0.6 is 0 Å². The number of carbonyl (C=O) groups is 2. The number of hydrogen-bond donors (Lipinski definition) is 1. The summed E-state index contributed by atoms with van der Waals surface area (Å²) in [4.78, 5) is 22.3. The third-order valence-corrected chi connectivity index (χ3v) is 3.41. The van der Waals surface area contributed by atoms with Crippen LogP contribution in [-0.4, -0.2) is 24.5 Å². The molecule has 1 aliphatic carbocycles. The first kappa shape index (κ1) is 14.4. The van der Waals surface area contributed by atoms with Gasteiger partial charge in [0.25, 0.3) is 5.91 Å². The van der Waals surface area contributed by atoms with Crippen LogP contribution < -0.4 is 15.2 Å². The summed E-state index contributed by atoms with van der Waals surface area (Å²) in [6.45, 7) is -0.492. The minimum absolute atomic E-state index is 0.0941. The zero-order chi connectivity index (χ0) is 14.4. The van der Waals surface area contributed by atoms with Crippen molar-refractivity contribution in [3.8, 4) is 5.75 Å². The number of nitrogens with one attached hydrogen (secondary N) is 1. The van der Waals surface area contributed by atoms with Crippen molar-refractivity contribution in [3.63, 3.8) is 0 Å². The van der Waals surface area contributed by atoms with E-state index in [1.54, 1.807) is 24.3 Å². The summed E-state index contributed by atoms with van der Waals surface area (Å²) < 4.78 is 4.96. The van der Waals surface area contributed by atoms with Gasteiger partial charge in [-0.3, -0.25) is 4.79 Å². The number of carboxylic acids is 1. The molecule has 0 spiro atoms. The van der Waals surface area contributed by atoms with Gasteiger partial charge >= 0.3 is 0 Å². The molecular formula is C15H18NO4-. The monoisotopic (exact) mass is 276 g/mol. The van der Waals surface area contributed by atoms with Gasteiger partial charge in [0.05, 0.1) is 5.97 Å². The van der Waals surface area contributed by atoms with Crippen molar-refractivity contribution >= 4 is 11.9 Å². The van der Waals surface area contributed by atoms with Gasteiger partial charge in [0.15, 0.2) is 0 Å². The first-order valence-electron chi connectivity index (χ1n) is 6.89. The highest BCUT2D eigenvalue weighted by Gasteiger charge is 2.16. The number of benzene rings is 1. The fraction of sp³-hybridized carbons (Fsp3) is 0.467. The molecule has 5 nitrogen and oxygen atoms in total. The van der Waals surface area contributed by atoms with Gasteiger partial charge in [-0.15, -0.1) is 0 Å². The fourth-order valence-electron chi connectivity index (χ4n) is 2.36. The lowest BCUT2D eigenvalue weighted by Crippen LogP contribution is -2.36. The summed E-state index contributed by atoms with van der Waals surface area (Å²) in [5, 5.41) is 13.3. The third-order valence-electron chi connectivity index (χ3n) is 3.41. The molecule has 0 radical (unpaired) electrons. The van der Waals surface area contributed by atoms with Crippen LogP contribution in [0.3, 0.4) is 0 Å². The number of hydrogen-bond acceptors (Lipinski definition) is 4. The van der Waals surface area contributed by atoms with E-state index in [0.717, 1.165) is 12.8 Å². The van der Waals surface area contributed by atoms with E-state index in [-0.39, 0.29) is 11.9 Å². The van der Waals surface area contributed by atoms with Crippen molar-refractivity contribution in [1.82, 2.24) is 5.32 Å². The van der Waals surface area contributed by atoms with Gasteiger partial charge in [0, 0.05) is 11.6 Å². The predicted octanol–water partition coefficient (Wildman–Crippen LogP) is 0.878. The molecule has 1 N–H and O–H groups in total. The van der Waals surface area contributed by atoms with E-state index in [4.69, 9.17) is 4.74 Å². The van der Waals surface area contributed by atoms with Crippen molar-refractivity contribution in [2.24, 2.45) is 0 Å². The molecule has 0 unspecified atom stereocenters. The van der Waals surface area contributed by atoms with E-state index >= 15 is 0 Å². The van der Waals surface area contributed by atoms with Crippen molar-refractivity contribution < 1.29 is 19.4 Å². The maximum atomic E-state index is 12.0. The smallest absolute Gasteiger partial charge is 0.251 e. The molecule has 2 rings (SSSR count). The highest BCUT2D eigenvalue weighted by molar-refractivity contribution is 5.94. The van der Waals surface area contributed by atoms with E-state index in [2.05, 4.69) is 5.32 Å². The van der Waals surface area contributed by atoms with Crippen molar-refractivity contribution in [2.75, 3.05) is 6.61 Å². The van der Waals surface area contributed by atoms with Crippen LogP contribution in [0.15, 0.2) is 24.3 Å². The van der Waals surface area contributed by atoms with E-state index in [0.29, 0.717) is 11.3 Å². The Balaban J connectivity index is 1.88. The zero-order valence-corrected chi connectivity index (χ0v) is 11.3. The van der Waals surface area contributed by atoms with Crippen LogP contribution in [0.4, 0.5) is 0 Å². The Bertz CT molecular complexity index is 463. The highest BCUT2D eigenvalue weighted by atomic mass is 16.5. The van der Waals surface area contributed by atoms with Gasteiger partial charge < -0.3 is 20.0 Å². The Morgan fingerprint density at radius 1 is 1.15 bits per heavy atom. The molecule has 0 heterocycles. The summed E-state index contributed by atoms with van der Waals surface area (Å²) in [5.41, 5.74) is 0.552. The van der Waals surface area contributed by atoms with Crippen LogP contribution in [-0.2, 0) is 4.79 Å². The second kappa shape index (κ2) is 6.93. The Kier molecular flexibility index (Phi) is 4.98. The second-order valence-electron chi connectivity index (χ2n) is 4.99.